The molecule has 0 bridgehead atoms. The second-order valence-electron chi connectivity index (χ2n) is 4.15. The lowest BCUT2D eigenvalue weighted by atomic mass is 9.83. The Morgan fingerprint density at radius 1 is 1.53 bits per heavy atom. The van der Waals surface area contributed by atoms with Crippen LogP contribution < -0.4 is 5.32 Å². The van der Waals surface area contributed by atoms with Crippen molar-refractivity contribution >= 4 is 34.7 Å². The summed E-state index contributed by atoms with van der Waals surface area (Å²) in [6.07, 6.45) is 0.736. The molecule has 0 aromatic rings. The normalized spacial score (nSPS) is 30.4. The van der Waals surface area contributed by atoms with Gasteiger partial charge in [-0.2, -0.15) is 0 Å². The Labute approximate surface area is 112 Å². The second kappa shape index (κ2) is 5.83. The molecule has 1 amide bonds. The monoisotopic (exact) mass is 359 g/mol. The number of hydrogen-bond acceptors (Lipinski definition) is 3. The van der Waals surface area contributed by atoms with Gasteiger partial charge in [-0.25, -0.2) is 14.0 Å². The van der Waals surface area contributed by atoms with Crippen LogP contribution in [0.2, 0.25) is 0 Å². The van der Waals surface area contributed by atoms with E-state index in [0.717, 1.165) is 0 Å². The minimum atomic E-state index is -1.25. The lowest BCUT2D eigenvalue weighted by Crippen LogP contribution is -2.47. The van der Waals surface area contributed by atoms with E-state index in [2.05, 4.69) is 10.1 Å². The smallest absolute Gasteiger partial charge is 0.407 e. The largest absolute Gasteiger partial charge is 0.480 e. The van der Waals surface area contributed by atoms with Crippen LogP contribution in [0.5, 0.6) is 0 Å². The predicted molar refractivity (Wildman–Crippen MR) is 66.8 cm³/mol. The summed E-state index contributed by atoms with van der Waals surface area (Å²) >= 11 is 1.75. The molecule has 1 aliphatic rings. The van der Waals surface area contributed by atoms with Gasteiger partial charge in [-0.15, -0.1) is 0 Å². The van der Waals surface area contributed by atoms with E-state index in [1.54, 1.807) is 22.6 Å². The summed E-state index contributed by atoms with van der Waals surface area (Å²) in [6, 6.07) is -1.00. The van der Waals surface area contributed by atoms with Gasteiger partial charge in [0.2, 0.25) is 0 Å². The molecular weight excluding hydrogens is 344 g/mol. The van der Waals surface area contributed by atoms with Crippen molar-refractivity contribution < 1.29 is 23.8 Å². The van der Waals surface area contributed by atoms with Crippen molar-refractivity contribution in [1.82, 2.24) is 5.32 Å². The van der Waals surface area contributed by atoms with E-state index >= 15 is 0 Å². The molecule has 1 fully saturated rings. The van der Waals surface area contributed by atoms with Crippen LogP contribution in [0.4, 0.5) is 9.18 Å². The SMILES string of the molecule is COC(=O)N[C@H](C(=O)O)C1CCC(F)(I)CC1. The molecule has 0 aromatic heterocycles. The number of nitrogens with one attached hydrogen (secondary N) is 1. The number of amides is 1. The third-order valence-electron chi connectivity index (χ3n) is 2.96. The lowest BCUT2D eigenvalue weighted by molar-refractivity contribution is -0.141. The third-order valence-corrected chi connectivity index (χ3v) is 4.04. The van der Waals surface area contributed by atoms with Gasteiger partial charge in [0.15, 0.2) is 3.68 Å². The fourth-order valence-electron chi connectivity index (χ4n) is 1.96. The quantitative estimate of drug-likeness (QED) is 0.598. The van der Waals surface area contributed by atoms with Gasteiger partial charge in [-0.1, -0.05) is 0 Å². The van der Waals surface area contributed by atoms with Crippen LogP contribution in [-0.2, 0) is 9.53 Å². The number of rotatable bonds is 3. The zero-order chi connectivity index (χ0) is 13.1. The first-order valence-electron chi connectivity index (χ1n) is 5.31. The van der Waals surface area contributed by atoms with Crippen LogP contribution in [0.1, 0.15) is 25.7 Å². The molecule has 0 unspecified atom stereocenters. The summed E-state index contributed by atoms with van der Waals surface area (Å²) in [5.41, 5.74) is 0. The van der Waals surface area contributed by atoms with E-state index in [-0.39, 0.29) is 5.92 Å². The number of ether oxygens (including phenoxy) is 1. The van der Waals surface area contributed by atoms with Gasteiger partial charge in [0.25, 0.3) is 0 Å². The van der Waals surface area contributed by atoms with Crippen LogP contribution >= 0.6 is 22.6 Å². The van der Waals surface area contributed by atoms with E-state index in [4.69, 9.17) is 5.11 Å². The molecular formula is C10H15FINO4. The Morgan fingerprint density at radius 3 is 2.47 bits per heavy atom. The zero-order valence-electron chi connectivity index (χ0n) is 9.41. The molecule has 0 heterocycles. The van der Waals surface area contributed by atoms with Crippen LogP contribution in [0, 0.1) is 5.92 Å². The van der Waals surface area contributed by atoms with E-state index in [1.165, 1.54) is 7.11 Å². The van der Waals surface area contributed by atoms with E-state index in [9.17, 15) is 14.0 Å². The fraction of sp³-hybridized carbons (Fsp3) is 0.800. The number of carboxylic acid groups (broad SMARTS) is 1. The summed E-state index contributed by atoms with van der Waals surface area (Å²) in [6.45, 7) is 0. The Kier molecular flexibility index (Phi) is 4.96. The van der Waals surface area contributed by atoms with Gasteiger partial charge >= 0.3 is 12.1 Å². The number of aliphatic carboxylic acids is 1. The first-order valence-corrected chi connectivity index (χ1v) is 6.39. The number of methoxy groups -OCH3 is 1. The van der Waals surface area contributed by atoms with Crippen molar-refractivity contribution in [2.75, 3.05) is 7.11 Å². The molecule has 0 spiro atoms. The zero-order valence-corrected chi connectivity index (χ0v) is 11.6. The van der Waals surface area contributed by atoms with Crippen molar-refractivity contribution in [2.24, 2.45) is 5.92 Å². The maximum absolute atomic E-state index is 13.6. The van der Waals surface area contributed by atoms with E-state index < -0.39 is 21.8 Å². The Bertz CT molecular complexity index is 301. The number of carbonyl (C=O) groups excluding carboxylic acids is 1. The third kappa shape index (κ3) is 4.29. The average Bonchev–Trinajstić information content (AvgIpc) is 2.26. The van der Waals surface area contributed by atoms with E-state index in [1.807, 2.05) is 0 Å². The van der Waals surface area contributed by atoms with Crippen LogP contribution in [-0.4, -0.2) is 34.0 Å². The molecule has 0 saturated heterocycles. The van der Waals surface area contributed by atoms with Gasteiger partial charge in [0, 0.05) is 0 Å². The Balaban J connectivity index is 2.60. The molecule has 0 aliphatic heterocycles. The van der Waals surface area contributed by atoms with Gasteiger partial charge in [-0.05, 0) is 54.2 Å². The molecule has 1 atom stereocenters. The molecule has 5 nitrogen and oxygen atoms in total. The molecule has 1 saturated carbocycles. The number of carboxylic acids is 1. The highest BCUT2D eigenvalue weighted by Gasteiger charge is 2.38. The number of hydrogen-bond donors (Lipinski definition) is 2. The summed E-state index contributed by atoms with van der Waals surface area (Å²) < 4.78 is 16.7. The lowest BCUT2D eigenvalue weighted by Gasteiger charge is -2.32. The number of halogens is 2. The van der Waals surface area contributed by atoms with Crippen molar-refractivity contribution in [2.45, 2.75) is 35.4 Å². The summed E-state index contributed by atoms with van der Waals surface area (Å²) in [4.78, 5) is 22.1. The maximum atomic E-state index is 13.6. The second-order valence-corrected chi connectivity index (χ2v) is 6.08. The molecule has 1 rings (SSSR count). The molecule has 7 heteroatoms. The highest BCUT2D eigenvalue weighted by molar-refractivity contribution is 14.1. The standard InChI is InChI=1S/C10H15FINO4/c1-17-9(16)13-7(8(14)15)6-2-4-10(11,12)5-3-6/h6-7H,2-5H2,1H3,(H,13,16)(H,14,15)/t6?,7-,10?/m0/s1. The summed E-state index contributed by atoms with van der Waals surface area (Å²) in [5, 5.41) is 11.3. The summed E-state index contributed by atoms with van der Waals surface area (Å²) in [5.74, 6) is -1.36. The first-order chi connectivity index (χ1) is 7.85. The molecule has 98 valence electrons. The topological polar surface area (TPSA) is 75.6 Å². The number of alkyl carbamates (subject to hydrolysis) is 1. The minimum absolute atomic E-state index is 0.245. The van der Waals surface area contributed by atoms with Crippen molar-refractivity contribution in [1.29, 1.82) is 0 Å². The average molecular weight is 359 g/mol. The molecule has 0 aromatic carbocycles. The van der Waals surface area contributed by atoms with Crippen molar-refractivity contribution in [3.63, 3.8) is 0 Å². The Morgan fingerprint density at radius 2 is 2.06 bits per heavy atom. The van der Waals surface area contributed by atoms with Gasteiger partial charge in [0.1, 0.15) is 6.04 Å². The molecule has 0 radical (unpaired) electrons. The van der Waals surface area contributed by atoms with E-state index in [0.29, 0.717) is 25.7 Å². The summed E-state index contributed by atoms with van der Waals surface area (Å²) in [7, 11) is 1.17. The van der Waals surface area contributed by atoms with Gasteiger partial charge in [0.05, 0.1) is 7.11 Å². The molecule has 1 aliphatic carbocycles. The van der Waals surface area contributed by atoms with Crippen LogP contribution in [0.25, 0.3) is 0 Å². The maximum Gasteiger partial charge on any atom is 0.407 e. The van der Waals surface area contributed by atoms with Crippen molar-refractivity contribution in [3.05, 3.63) is 0 Å². The van der Waals surface area contributed by atoms with Gasteiger partial charge < -0.3 is 15.2 Å². The van der Waals surface area contributed by atoms with Crippen LogP contribution in [0.15, 0.2) is 0 Å². The number of carbonyl (C=O) groups is 2. The highest BCUT2D eigenvalue weighted by atomic mass is 127. The predicted octanol–water partition coefficient (Wildman–Crippen LogP) is 2.09. The van der Waals surface area contributed by atoms with Gasteiger partial charge in [-0.3, -0.25) is 0 Å². The number of alkyl halides is 2. The first kappa shape index (κ1) is 14.5. The van der Waals surface area contributed by atoms with Crippen molar-refractivity contribution in [3.8, 4) is 0 Å². The Hall–Kier alpha value is -0.600. The fourth-order valence-corrected chi connectivity index (χ4v) is 2.59. The minimum Gasteiger partial charge on any atom is -0.480 e. The molecule has 2 N–H and O–H groups in total. The molecule has 17 heavy (non-hydrogen) atoms. The highest BCUT2D eigenvalue weighted by Crippen LogP contribution is 2.41. The van der Waals surface area contributed by atoms with Crippen LogP contribution in [0.3, 0.4) is 0 Å².